The molecule has 0 aromatic heterocycles. The minimum absolute atomic E-state index is 0.309. The molecule has 2 unspecified atom stereocenters. The highest BCUT2D eigenvalue weighted by molar-refractivity contribution is 5.99. The number of nitrogens with zero attached hydrogens (tertiary/aromatic N) is 2. The SMILES string of the molecule is C1=CC2c3ccc4ccccc4c3N(C3=CC=C(c4ccccc4-c4ccc(N(C5=CCCC=C5)c5ccc(-c6ccccc6)cc5)cc4)CC3)C2C=C1. The van der Waals surface area contributed by atoms with Crippen LogP contribution in [0, 0.1) is 0 Å². The van der Waals surface area contributed by atoms with Crippen molar-refractivity contribution in [2.75, 3.05) is 9.80 Å². The molecule has 6 aromatic rings. The van der Waals surface area contributed by atoms with Gasteiger partial charge in [-0.15, -0.1) is 0 Å². The van der Waals surface area contributed by atoms with Gasteiger partial charge in [0.15, 0.2) is 0 Å². The summed E-state index contributed by atoms with van der Waals surface area (Å²) < 4.78 is 0. The van der Waals surface area contributed by atoms with Crippen molar-refractivity contribution in [3.63, 3.8) is 0 Å². The largest absolute Gasteiger partial charge is 0.337 e. The summed E-state index contributed by atoms with van der Waals surface area (Å²) in [5, 5.41) is 2.64. The standard InChI is InChI=1S/C52H42N2/c1-3-13-37(14-4-1)38-23-30-43(31-24-38)53(42-16-5-2-6-17-42)44-32-25-40(26-33-44)46-18-9-10-19-47(46)41-27-34-45(35-28-41)54-51-22-12-11-21-49(51)50-36-29-39-15-7-8-20-48(39)52(50)54/h1,3-5,7-27,29-34,36,49,51H,2,6,28,35H2. The third-order valence-corrected chi connectivity index (χ3v) is 11.5. The zero-order valence-corrected chi connectivity index (χ0v) is 30.4. The average Bonchev–Trinajstić information content (AvgIpc) is 3.60. The number of hydrogen-bond donors (Lipinski definition) is 0. The van der Waals surface area contributed by atoms with E-state index in [2.05, 4.69) is 204 Å². The van der Waals surface area contributed by atoms with E-state index >= 15 is 0 Å². The predicted molar refractivity (Wildman–Crippen MR) is 229 cm³/mol. The first-order chi connectivity index (χ1) is 26.8. The van der Waals surface area contributed by atoms with E-state index in [0.717, 1.165) is 37.1 Å². The van der Waals surface area contributed by atoms with Crippen LogP contribution in [-0.2, 0) is 0 Å². The van der Waals surface area contributed by atoms with E-state index in [0.29, 0.717) is 12.0 Å². The molecule has 0 saturated carbocycles. The van der Waals surface area contributed by atoms with E-state index in [9.17, 15) is 0 Å². The fraction of sp³-hybridized carbons (Fsp3) is 0.115. The second kappa shape index (κ2) is 13.9. The zero-order chi connectivity index (χ0) is 35.8. The Kier molecular flexibility index (Phi) is 8.30. The van der Waals surface area contributed by atoms with Crippen molar-refractivity contribution >= 4 is 33.4 Å². The summed E-state index contributed by atoms with van der Waals surface area (Å²) in [7, 11) is 0. The van der Waals surface area contributed by atoms with Crippen molar-refractivity contribution in [1.82, 2.24) is 0 Å². The Morgan fingerprint density at radius 2 is 1.26 bits per heavy atom. The molecule has 0 amide bonds. The molecule has 1 aliphatic heterocycles. The first-order valence-electron chi connectivity index (χ1n) is 19.4. The van der Waals surface area contributed by atoms with Crippen molar-refractivity contribution < 1.29 is 0 Å². The van der Waals surface area contributed by atoms with Gasteiger partial charge in [-0.1, -0.05) is 158 Å². The number of rotatable bonds is 7. The molecule has 2 heteroatoms. The van der Waals surface area contributed by atoms with Gasteiger partial charge in [-0.3, -0.25) is 0 Å². The number of hydrogen-bond acceptors (Lipinski definition) is 2. The minimum Gasteiger partial charge on any atom is -0.337 e. The molecular formula is C52H42N2. The van der Waals surface area contributed by atoms with Gasteiger partial charge in [0, 0.05) is 34.1 Å². The summed E-state index contributed by atoms with van der Waals surface area (Å²) in [5.74, 6) is 0.375. The predicted octanol–water partition coefficient (Wildman–Crippen LogP) is 13.7. The summed E-state index contributed by atoms with van der Waals surface area (Å²) in [6.07, 6.45) is 25.0. The molecule has 3 aliphatic carbocycles. The third-order valence-electron chi connectivity index (χ3n) is 11.5. The first kappa shape index (κ1) is 32.3. The molecule has 0 spiro atoms. The van der Waals surface area contributed by atoms with Crippen LogP contribution in [0.4, 0.5) is 17.1 Å². The molecule has 2 atom stereocenters. The Morgan fingerprint density at radius 1 is 0.556 bits per heavy atom. The number of fused-ring (bicyclic) bond motifs is 5. The maximum atomic E-state index is 2.64. The van der Waals surface area contributed by atoms with Gasteiger partial charge in [0.25, 0.3) is 0 Å². The Bertz CT molecular complexity index is 2540. The molecule has 10 rings (SSSR count). The molecule has 2 nitrogen and oxygen atoms in total. The smallest absolute Gasteiger partial charge is 0.0626 e. The number of anilines is 3. The minimum atomic E-state index is 0.309. The molecule has 4 aliphatic rings. The zero-order valence-electron chi connectivity index (χ0n) is 30.4. The van der Waals surface area contributed by atoms with Gasteiger partial charge in [0.05, 0.1) is 11.7 Å². The topological polar surface area (TPSA) is 6.48 Å². The van der Waals surface area contributed by atoms with E-state index in [4.69, 9.17) is 0 Å². The van der Waals surface area contributed by atoms with Crippen molar-refractivity contribution in [3.05, 3.63) is 217 Å². The van der Waals surface area contributed by atoms with Crippen molar-refractivity contribution in [3.8, 4) is 22.3 Å². The number of allylic oxidation sites excluding steroid dienone is 9. The molecule has 0 N–H and O–H groups in total. The quantitative estimate of drug-likeness (QED) is 0.164. The summed E-state index contributed by atoms with van der Waals surface area (Å²) in [5.41, 5.74) is 15.4. The second-order valence-corrected chi connectivity index (χ2v) is 14.7. The van der Waals surface area contributed by atoms with Crippen molar-refractivity contribution in [2.45, 2.75) is 37.6 Å². The fourth-order valence-electron chi connectivity index (χ4n) is 8.93. The Hall–Kier alpha value is -6.38. The van der Waals surface area contributed by atoms with Crippen LogP contribution < -0.4 is 9.80 Å². The van der Waals surface area contributed by atoms with Crippen LogP contribution in [-0.4, -0.2) is 6.04 Å². The van der Waals surface area contributed by atoms with Gasteiger partial charge >= 0.3 is 0 Å². The average molecular weight is 695 g/mol. The van der Waals surface area contributed by atoms with Crippen molar-refractivity contribution in [2.24, 2.45) is 0 Å². The van der Waals surface area contributed by atoms with Gasteiger partial charge in [-0.2, -0.15) is 0 Å². The van der Waals surface area contributed by atoms with Gasteiger partial charge in [0.1, 0.15) is 0 Å². The molecule has 6 aromatic carbocycles. The highest BCUT2D eigenvalue weighted by atomic mass is 15.2. The van der Waals surface area contributed by atoms with Crippen LogP contribution in [0.5, 0.6) is 0 Å². The van der Waals surface area contributed by atoms with Gasteiger partial charge in [0.2, 0.25) is 0 Å². The maximum absolute atomic E-state index is 2.64. The fourth-order valence-corrected chi connectivity index (χ4v) is 8.93. The maximum Gasteiger partial charge on any atom is 0.0626 e. The van der Waals surface area contributed by atoms with Crippen LogP contribution in [0.15, 0.2) is 206 Å². The summed E-state index contributed by atoms with van der Waals surface area (Å²) >= 11 is 0. The lowest BCUT2D eigenvalue weighted by Gasteiger charge is -2.33. The normalized spacial score (nSPS) is 18.5. The molecular weight excluding hydrogens is 653 g/mol. The van der Waals surface area contributed by atoms with E-state index in [1.807, 2.05) is 0 Å². The van der Waals surface area contributed by atoms with Crippen LogP contribution in [0.25, 0.3) is 38.6 Å². The molecule has 0 saturated heterocycles. The molecule has 54 heavy (non-hydrogen) atoms. The molecule has 1 heterocycles. The van der Waals surface area contributed by atoms with Crippen LogP contribution in [0.1, 0.15) is 42.7 Å². The van der Waals surface area contributed by atoms with Crippen LogP contribution >= 0.6 is 0 Å². The van der Waals surface area contributed by atoms with E-state index in [1.165, 1.54) is 66.8 Å². The molecule has 0 radical (unpaired) electrons. The van der Waals surface area contributed by atoms with Crippen molar-refractivity contribution in [1.29, 1.82) is 0 Å². The Morgan fingerprint density at radius 3 is 2.02 bits per heavy atom. The highest BCUT2D eigenvalue weighted by Gasteiger charge is 2.39. The van der Waals surface area contributed by atoms with E-state index < -0.39 is 0 Å². The monoisotopic (exact) mass is 694 g/mol. The van der Waals surface area contributed by atoms with Crippen LogP contribution in [0.3, 0.4) is 0 Å². The van der Waals surface area contributed by atoms with E-state index in [-0.39, 0.29) is 0 Å². The summed E-state index contributed by atoms with van der Waals surface area (Å²) in [4.78, 5) is 5.02. The lowest BCUT2D eigenvalue weighted by Crippen LogP contribution is -2.32. The first-order valence-corrected chi connectivity index (χ1v) is 19.4. The lowest BCUT2D eigenvalue weighted by atomic mass is 9.88. The Balaban J connectivity index is 0.967. The van der Waals surface area contributed by atoms with Crippen LogP contribution in [0.2, 0.25) is 0 Å². The molecule has 0 bridgehead atoms. The van der Waals surface area contributed by atoms with Gasteiger partial charge < -0.3 is 9.80 Å². The molecule has 260 valence electrons. The highest BCUT2D eigenvalue weighted by Crippen LogP contribution is 2.50. The molecule has 0 fully saturated rings. The third kappa shape index (κ3) is 5.76. The van der Waals surface area contributed by atoms with Gasteiger partial charge in [-0.25, -0.2) is 0 Å². The summed E-state index contributed by atoms with van der Waals surface area (Å²) in [6.45, 7) is 0. The second-order valence-electron chi connectivity index (χ2n) is 14.7. The number of benzene rings is 6. The van der Waals surface area contributed by atoms with Gasteiger partial charge in [-0.05, 0) is 106 Å². The lowest BCUT2D eigenvalue weighted by molar-refractivity contribution is 0.703. The summed E-state index contributed by atoms with van der Waals surface area (Å²) in [6, 6.07) is 51.5. The Labute approximate surface area is 318 Å². The van der Waals surface area contributed by atoms with E-state index in [1.54, 1.807) is 0 Å².